The Bertz CT molecular complexity index is 2540. The Morgan fingerprint density at radius 1 is 0.435 bits per heavy atom. The van der Waals surface area contributed by atoms with Crippen LogP contribution >= 0.6 is 11.5 Å². The molecule has 0 saturated heterocycles. The molecule has 0 aliphatic carbocycles. The molecular weight excluding hydrogens is 579 g/mol. The van der Waals surface area contributed by atoms with Crippen molar-refractivity contribution in [2.75, 3.05) is 0 Å². The Morgan fingerprint density at radius 2 is 1.13 bits per heavy atom. The van der Waals surface area contributed by atoms with E-state index in [1.54, 1.807) is 0 Å². The zero-order chi connectivity index (χ0) is 30.5. The SMILES string of the molecule is c1ccc(-c2cccc(-c3nsc(-c4cccc(-n5c6ccccc6c6cc(-c7cccc8ccccc78)ccc65)c4)n3)c2)cc1. The van der Waals surface area contributed by atoms with E-state index in [-0.39, 0.29) is 0 Å². The van der Waals surface area contributed by atoms with Crippen molar-refractivity contribution in [3.05, 3.63) is 164 Å². The fraction of sp³-hybridized carbons (Fsp3) is 0. The Balaban J connectivity index is 1.13. The second-order valence-corrected chi connectivity index (χ2v) is 12.3. The van der Waals surface area contributed by atoms with Gasteiger partial charge in [-0.05, 0) is 81.0 Å². The topological polar surface area (TPSA) is 30.7 Å². The average molecular weight is 606 g/mol. The molecule has 0 atom stereocenters. The van der Waals surface area contributed by atoms with Crippen molar-refractivity contribution < 1.29 is 0 Å². The van der Waals surface area contributed by atoms with Gasteiger partial charge in [-0.1, -0.05) is 127 Å². The lowest BCUT2D eigenvalue weighted by Gasteiger charge is -2.10. The van der Waals surface area contributed by atoms with Crippen molar-refractivity contribution in [1.82, 2.24) is 13.9 Å². The van der Waals surface area contributed by atoms with Gasteiger partial charge in [0.2, 0.25) is 0 Å². The lowest BCUT2D eigenvalue weighted by atomic mass is 9.97. The predicted octanol–water partition coefficient (Wildman–Crippen LogP) is 11.5. The molecule has 4 heteroatoms. The largest absolute Gasteiger partial charge is 0.309 e. The van der Waals surface area contributed by atoms with Crippen molar-refractivity contribution in [2.24, 2.45) is 0 Å². The Hall–Kier alpha value is -5.84. The minimum absolute atomic E-state index is 0.751. The zero-order valence-electron chi connectivity index (χ0n) is 24.8. The first-order valence-corrected chi connectivity index (χ1v) is 16.2. The molecule has 0 unspecified atom stereocenters. The first-order valence-electron chi connectivity index (χ1n) is 15.4. The van der Waals surface area contributed by atoms with Gasteiger partial charge in [0, 0.05) is 27.6 Å². The van der Waals surface area contributed by atoms with E-state index < -0.39 is 0 Å². The van der Waals surface area contributed by atoms with Gasteiger partial charge in [-0.15, -0.1) is 0 Å². The minimum atomic E-state index is 0.751. The van der Waals surface area contributed by atoms with Gasteiger partial charge in [0.25, 0.3) is 0 Å². The monoisotopic (exact) mass is 605 g/mol. The van der Waals surface area contributed by atoms with Crippen LogP contribution in [0.3, 0.4) is 0 Å². The zero-order valence-corrected chi connectivity index (χ0v) is 25.7. The molecule has 0 spiro atoms. The van der Waals surface area contributed by atoms with E-state index in [0.29, 0.717) is 0 Å². The number of para-hydroxylation sites is 1. The highest BCUT2D eigenvalue weighted by atomic mass is 32.1. The summed E-state index contributed by atoms with van der Waals surface area (Å²) in [5.74, 6) is 0.751. The molecule has 2 heterocycles. The lowest BCUT2D eigenvalue weighted by molar-refractivity contribution is 1.18. The fourth-order valence-electron chi connectivity index (χ4n) is 6.60. The number of rotatable bonds is 5. The van der Waals surface area contributed by atoms with Gasteiger partial charge in [-0.3, -0.25) is 0 Å². The molecule has 0 amide bonds. The van der Waals surface area contributed by atoms with Crippen molar-refractivity contribution in [3.8, 4) is 49.9 Å². The third-order valence-electron chi connectivity index (χ3n) is 8.78. The van der Waals surface area contributed by atoms with E-state index in [4.69, 9.17) is 9.36 Å². The molecule has 0 aliphatic rings. The molecule has 0 radical (unpaired) electrons. The second kappa shape index (κ2) is 11.0. The molecule has 0 aliphatic heterocycles. The van der Waals surface area contributed by atoms with E-state index in [1.165, 1.54) is 60.8 Å². The Labute approximate surface area is 270 Å². The quantitative estimate of drug-likeness (QED) is 0.195. The number of aromatic nitrogens is 3. The normalized spacial score (nSPS) is 11.5. The highest BCUT2D eigenvalue weighted by molar-refractivity contribution is 7.09. The van der Waals surface area contributed by atoms with Gasteiger partial charge < -0.3 is 4.57 Å². The standard InChI is InChI=1S/C42H27N3S/c1-2-11-28(12-3-1)30-15-8-16-32(25-30)41-43-42(46-44-41)33-17-9-18-34(26-33)45-39-22-7-6-20-37(39)38-27-31(23-24-40(38)45)36-21-10-14-29-13-4-5-19-35(29)36/h1-27H. The molecule has 0 bridgehead atoms. The number of nitrogens with zero attached hydrogens (tertiary/aromatic N) is 3. The summed E-state index contributed by atoms with van der Waals surface area (Å²) in [4.78, 5) is 5.00. The van der Waals surface area contributed by atoms with Crippen molar-refractivity contribution in [2.45, 2.75) is 0 Å². The van der Waals surface area contributed by atoms with Crippen LogP contribution in [0, 0.1) is 0 Å². The van der Waals surface area contributed by atoms with Gasteiger partial charge in [0.05, 0.1) is 11.0 Å². The summed E-state index contributed by atoms with van der Waals surface area (Å²) < 4.78 is 7.14. The fourth-order valence-corrected chi connectivity index (χ4v) is 7.28. The molecule has 216 valence electrons. The summed E-state index contributed by atoms with van der Waals surface area (Å²) in [6.07, 6.45) is 0. The summed E-state index contributed by atoms with van der Waals surface area (Å²) in [7, 11) is 0. The average Bonchev–Trinajstić information content (AvgIpc) is 3.76. The minimum Gasteiger partial charge on any atom is -0.309 e. The van der Waals surface area contributed by atoms with Crippen LogP contribution in [0.1, 0.15) is 0 Å². The number of hydrogen-bond donors (Lipinski definition) is 0. The van der Waals surface area contributed by atoms with E-state index in [1.807, 2.05) is 6.07 Å². The summed E-state index contributed by atoms with van der Waals surface area (Å²) >= 11 is 1.44. The number of benzene rings is 7. The smallest absolute Gasteiger partial charge is 0.173 e. The third-order valence-corrected chi connectivity index (χ3v) is 9.54. The molecule has 46 heavy (non-hydrogen) atoms. The highest BCUT2D eigenvalue weighted by Gasteiger charge is 2.16. The molecular formula is C42H27N3S. The molecule has 7 aromatic carbocycles. The van der Waals surface area contributed by atoms with E-state index in [0.717, 1.165) is 33.2 Å². The van der Waals surface area contributed by atoms with E-state index in [9.17, 15) is 0 Å². The van der Waals surface area contributed by atoms with E-state index in [2.05, 4.69) is 162 Å². The molecule has 0 fully saturated rings. The van der Waals surface area contributed by atoms with Gasteiger partial charge in [0.15, 0.2) is 5.82 Å². The first kappa shape index (κ1) is 26.6. The van der Waals surface area contributed by atoms with Gasteiger partial charge in [0.1, 0.15) is 5.01 Å². The predicted molar refractivity (Wildman–Crippen MR) is 193 cm³/mol. The van der Waals surface area contributed by atoms with Gasteiger partial charge in [-0.2, -0.15) is 4.37 Å². The molecule has 3 nitrogen and oxygen atoms in total. The number of fused-ring (bicyclic) bond motifs is 4. The van der Waals surface area contributed by atoms with E-state index >= 15 is 0 Å². The summed E-state index contributed by atoms with van der Waals surface area (Å²) in [5, 5.41) is 5.90. The van der Waals surface area contributed by atoms with Crippen molar-refractivity contribution >= 4 is 44.1 Å². The van der Waals surface area contributed by atoms with Gasteiger partial charge >= 0.3 is 0 Å². The first-order chi connectivity index (χ1) is 22.8. The van der Waals surface area contributed by atoms with Crippen LogP contribution < -0.4 is 0 Å². The molecule has 0 N–H and O–H groups in total. The Kier molecular flexibility index (Phi) is 6.32. The van der Waals surface area contributed by atoms with Crippen LogP contribution in [-0.2, 0) is 0 Å². The molecule has 9 aromatic rings. The Morgan fingerprint density at radius 3 is 2.07 bits per heavy atom. The third kappa shape index (κ3) is 4.50. The highest BCUT2D eigenvalue weighted by Crippen LogP contribution is 2.38. The van der Waals surface area contributed by atoms with Crippen LogP contribution in [0.5, 0.6) is 0 Å². The molecule has 2 aromatic heterocycles. The summed E-state index contributed by atoms with van der Waals surface area (Å²) in [6, 6.07) is 58.3. The maximum Gasteiger partial charge on any atom is 0.173 e. The van der Waals surface area contributed by atoms with Crippen molar-refractivity contribution in [3.63, 3.8) is 0 Å². The van der Waals surface area contributed by atoms with Crippen LogP contribution in [0.15, 0.2) is 164 Å². The van der Waals surface area contributed by atoms with Crippen LogP contribution in [-0.4, -0.2) is 13.9 Å². The molecule has 9 rings (SSSR count). The van der Waals surface area contributed by atoms with Gasteiger partial charge in [-0.25, -0.2) is 4.98 Å². The lowest BCUT2D eigenvalue weighted by Crippen LogP contribution is -1.94. The second-order valence-electron chi connectivity index (χ2n) is 11.5. The maximum absolute atomic E-state index is 5.00. The van der Waals surface area contributed by atoms with Crippen LogP contribution in [0.25, 0.3) is 82.5 Å². The summed E-state index contributed by atoms with van der Waals surface area (Å²) in [5.41, 5.74) is 10.3. The van der Waals surface area contributed by atoms with Crippen LogP contribution in [0.2, 0.25) is 0 Å². The number of hydrogen-bond acceptors (Lipinski definition) is 3. The van der Waals surface area contributed by atoms with Crippen LogP contribution in [0.4, 0.5) is 0 Å². The van der Waals surface area contributed by atoms with Crippen molar-refractivity contribution in [1.29, 1.82) is 0 Å². The molecule has 0 saturated carbocycles. The summed E-state index contributed by atoms with van der Waals surface area (Å²) in [6.45, 7) is 0. The maximum atomic E-state index is 5.00.